The number of nitro groups is 1. The van der Waals surface area contributed by atoms with Gasteiger partial charge in [0.2, 0.25) is 0 Å². The summed E-state index contributed by atoms with van der Waals surface area (Å²) < 4.78 is 0. The summed E-state index contributed by atoms with van der Waals surface area (Å²) in [6.07, 6.45) is 1.95. The first kappa shape index (κ1) is 28.4. The van der Waals surface area contributed by atoms with E-state index in [2.05, 4.69) is 41.7 Å². The molecule has 0 aliphatic heterocycles. The van der Waals surface area contributed by atoms with Gasteiger partial charge < -0.3 is 12.4 Å². The molecule has 5 nitrogen and oxygen atoms in total. The van der Waals surface area contributed by atoms with Crippen molar-refractivity contribution < 1.29 is 22.1 Å². The number of benzene rings is 5. The van der Waals surface area contributed by atoms with Crippen LogP contribution in [0.25, 0.3) is 6.08 Å². The highest BCUT2D eigenvalue weighted by Gasteiger charge is 2.50. The van der Waals surface area contributed by atoms with E-state index in [1.54, 1.807) is 24.3 Å². The largest absolute Gasteiger partial charge is 1.00 e. The molecule has 0 radical (unpaired) electrons. The van der Waals surface area contributed by atoms with Gasteiger partial charge in [-0.1, -0.05) is 72.8 Å². The van der Waals surface area contributed by atoms with E-state index in [1.165, 1.54) is 12.1 Å². The topological polar surface area (TPSA) is 72.2 Å². The number of rotatable bonds is 8. The molecule has 1 N–H and O–H groups in total. The van der Waals surface area contributed by atoms with Crippen molar-refractivity contribution in [3.8, 4) is 0 Å². The van der Waals surface area contributed by atoms with Crippen LogP contribution in [0.2, 0.25) is 0 Å². The van der Waals surface area contributed by atoms with Crippen LogP contribution in [-0.2, 0) is 0 Å². The Morgan fingerprint density at radius 3 is 1.43 bits per heavy atom. The summed E-state index contributed by atoms with van der Waals surface area (Å²) in [7, 11) is -2.64. The number of halogens is 1. The molecule has 0 heterocycles. The molecule has 40 heavy (non-hydrogen) atoms. The van der Waals surface area contributed by atoms with Crippen LogP contribution in [0.1, 0.15) is 15.9 Å². The molecular formula is C33H26ClN2O3P. The van der Waals surface area contributed by atoms with Crippen molar-refractivity contribution in [3.63, 3.8) is 0 Å². The van der Waals surface area contributed by atoms with Gasteiger partial charge in [-0.15, -0.1) is 0 Å². The first-order chi connectivity index (χ1) is 19.1. The summed E-state index contributed by atoms with van der Waals surface area (Å²) in [5.41, 5.74) is 2.03. The lowest BCUT2D eigenvalue weighted by Gasteiger charge is -2.29. The number of non-ortho nitro benzene ring substituents is 1. The third-order valence-electron chi connectivity index (χ3n) is 6.48. The molecule has 0 aromatic heterocycles. The second-order valence-electron chi connectivity index (χ2n) is 8.88. The first-order valence-corrected chi connectivity index (χ1v) is 14.3. The molecule has 5 aromatic rings. The Balaban J connectivity index is 0.00000370. The van der Waals surface area contributed by atoms with Crippen LogP contribution in [0.5, 0.6) is 0 Å². The molecule has 0 aliphatic rings. The van der Waals surface area contributed by atoms with Gasteiger partial charge in [0, 0.05) is 23.8 Å². The van der Waals surface area contributed by atoms with Gasteiger partial charge in [0.1, 0.15) is 15.9 Å². The van der Waals surface area contributed by atoms with E-state index in [-0.39, 0.29) is 24.0 Å². The molecule has 7 heteroatoms. The SMILES string of the molecule is O=C(N/C(=C/c1ccc([N+](=O)[O-])cc1)[P+](c1ccccc1)(c1ccccc1)c1ccccc1)c1ccccc1.[Cl-]. The molecule has 0 bridgehead atoms. The number of nitrogens with zero attached hydrogens (tertiary/aromatic N) is 1. The lowest BCUT2D eigenvalue weighted by atomic mass is 10.2. The van der Waals surface area contributed by atoms with Gasteiger partial charge in [0.25, 0.3) is 11.6 Å². The van der Waals surface area contributed by atoms with Gasteiger partial charge in [0.15, 0.2) is 12.7 Å². The Morgan fingerprint density at radius 2 is 1.02 bits per heavy atom. The third-order valence-corrected chi connectivity index (χ3v) is 10.7. The summed E-state index contributed by atoms with van der Waals surface area (Å²) in [6.45, 7) is 0. The minimum absolute atomic E-state index is 0. The number of carbonyl (C=O) groups is 1. The van der Waals surface area contributed by atoms with E-state index in [9.17, 15) is 14.9 Å². The highest BCUT2D eigenvalue weighted by molar-refractivity contribution is 7.99. The fourth-order valence-corrected chi connectivity index (χ4v) is 8.86. The molecule has 1 amide bonds. The first-order valence-electron chi connectivity index (χ1n) is 12.5. The summed E-state index contributed by atoms with van der Waals surface area (Å²) in [4.78, 5) is 24.6. The molecular weight excluding hydrogens is 539 g/mol. The Hall–Kier alpha value is -4.57. The minimum atomic E-state index is -2.64. The summed E-state index contributed by atoms with van der Waals surface area (Å²) in [6, 6.07) is 46.1. The van der Waals surface area contributed by atoms with Crippen molar-refractivity contribution >= 4 is 40.8 Å². The van der Waals surface area contributed by atoms with Crippen LogP contribution in [0.4, 0.5) is 5.69 Å². The summed E-state index contributed by atoms with van der Waals surface area (Å²) in [5.74, 6) is -0.226. The maximum atomic E-state index is 13.7. The van der Waals surface area contributed by atoms with Crippen LogP contribution in [-0.4, -0.2) is 10.8 Å². The van der Waals surface area contributed by atoms with E-state index in [1.807, 2.05) is 78.9 Å². The van der Waals surface area contributed by atoms with Crippen molar-refractivity contribution in [3.05, 3.63) is 172 Å². The van der Waals surface area contributed by atoms with Gasteiger partial charge in [-0.25, -0.2) is 0 Å². The van der Waals surface area contributed by atoms with Crippen molar-refractivity contribution in [2.75, 3.05) is 0 Å². The van der Waals surface area contributed by atoms with Gasteiger partial charge in [-0.3, -0.25) is 20.2 Å². The third kappa shape index (κ3) is 5.86. The van der Waals surface area contributed by atoms with Gasteiger partial charge in [0.05, 0.1) is 4.92 Å². The van der Waals surface area contributed by atoms with E-state index >= 15 is 0 Å². The number of carbonyl (C=O) groups excluding carboxylic acids is 1. The number of nitro benzene ring substituents is 1. The quantitative estimate of drug-likeness (QED) is 0.179. The van der Waals surface area contributed by atoms with E-state index in [0.29, 0.717) is 5.56 Å². The van der Waals surface area contributed by atoms with Crippen molar-refractivity contribution in [2.24, 2.45) is 0 Å². The van der Waals surface area contributed by atoms with Crippen LogP contribution in [0.15, 0.2) is 151 Å². The molecule has 5 aromatic carbocycles. The van der Waals surface area contributed by atoms with Gasteiger partial charge in [-0.2, -0.15) is 0 Å². The second kappa shape index (κ2) is 13.0. The highest BCUT2D eigenvalue weighted by Crippen LogP contribution is 2.61. The van der Waals surface area contributed by atoms with E-state index in [0.717, 1.165) is 26.9 Å². The molecule has 0 atom stereocenters. The van der Waals surface area contributed by atoms with Crippen LogP contribution in [0.3, 0.4) is 0 Å². The van der Waals surface area contributed by atoms with E-state index < -0.39 is 12.2 Å². The Bertz CT molecular complexity index is 1500. The van der Waals surface area contributed by atoms with Crippen LogP contribution >= 0.6 is 7.26 Å². The number of nitrogens with one attached hydrogen (secondary N) is 1. The molecule has 0 aliphatic carbocycles. The number of amides is 1. The molecule has 5 rings (SSSR count). The van der Waals surface area contributed by atoms with Crippen LogP contribution < -0.4 is 33.6 Å². The zero-order valence-corrected chi connectivity index (χ0v) is 23.1. The maximum absolute atomic E-state index is 13.7. The van der Waals surface area contributed by atoms with E-state index in [4.69, 9.17) is 0 Å². The smallest absolute Gasteiger partial charge is 0.269 e. The summed E-state index contributed by atoms with van der Waals surface area (Å²) in [5, 5.41) is 17.8. The monoisotopic (exact) mass is 564 g/mol. The minimum Gasteiger partial charge on any atom is -1.00 e. The normalized spacial score (nSPS) is 11.2. The number of hydrogen-bond acceptors (Lipinski definition) is 3. The Labute approximate surface area is 240 Å². The van der Waals surface area contributed by atoms with Crippen molar-refractivity contribution in [1.82, 2.24) is 5.32 Å². The molecule has 0 unspecified atom stereocenters. The lowest BCUT2D eigenvalue weighted by molar-refractivity contribution is -0.384. The molecule has 0 saturated carbocycles. The fourth-order valence-electron chi connectivity index (χ4n) is 4.66. The predicted molar refractivity (Wildman–Crippen MR) is 160 cm³/mol. The standard InChI is InChI=1S/C33H25N2O3P.ClH/c36-33(27-13-5-1-6-14-27)34-32(25-26-21-23-28(24-22-26)35(37)38)39(29-15-7-2-8-16-29,30-17-9-3-10-18-30)31-19-11-4-12-20-31;/h1-25H;1H/b32-25-;. The molecule has 198 valence electrons. The predicted octanol–water partition coefficient (Wildman–Crippen LogP) is 3.32. The number of hydrogen-bond donors (Lipinski definition) is 1. The van der Waals surface area contributed by atoms with Crippen molar-refractivity contribution in [1.29, 1.82) is 0 Å². The molecule has 0 spiro atoms. The second-order valence-corrected chi connectivity index (χ2v) is 12.2. The fraction of sp³-hybridized carbons (Fsp3) is 0. The average Bonchev–Trinajstić information content (AvgIpc) is 3.00. The van der Waals surface area contributed by atoms with Gasteiger partial charge in [-0.05, 0) is 66.2 Å². The zero-order chi connectivity index (χ0) is 27.1. The zero-order valence-electron chi connectivity index (χ0n) is 21.4. The lowest BCUT2D eigenvalue weighted by Crippen LogP contribution is -3.00. The average molecular weight is 565 g/mol. The van der Waals surface area contributed by atoms with Crippen LogP contribution in [0, 0.1) is 10.1 Å². The Kier molecular flexibility index (Phi) is 9.23. The summed E-state index contributed by atoms with van der Waals surface area (Å²) >= 11 is 0. The van der Waals surface area contributed by atoms with Crippen molar-refractivity contribution in [2.45, 2.75) is 0 Å². The highest BCUT2D eigenvalue weighted by atomic mass is 35.5. The Morgan fingerprint density at radius 1 is 0.625 bits per heavy atom. The maximum Gasteiger partial charge on any atom is 0.269 e. The molecule has 0 fully saturated rings. The van der Waals surface area contributed by atoms with Gasteiger partial charge >= 0.3 is 0 Å². The molecule has 0 saturated heterocycles.